The highest BCUT2D eigenvalue weighted by molar-refractivity contribution is 6.03. The molecule has 3 N–H and O–H groups in total. The number of anilines is 1. The number of aliphatic hydroxyl groups is 1. The van der Waals surface area contributed by atoms with Crippen molar-refractivity contribution in [2.45, 2.75) is 51.7 Å². The number of nitrogens with one attached hydrogen (secondary N) is 1. The third kappa shape index (κ3) is 5.26. The smallest absolute Gasteiger partial charge is 0.412 e. The molecule has 8 nitrogen and oxygen atoms in total. The van der Waals surface area contributed by atoms with Crippen molar-refractivity contribution in [1.29, 1.82) is 0 Å². The molecular weight excluding hydrogens is 352 g/mol. The fourth-order valence-electron chi connectivity index (χ4n) is 3.04. The Morgan fingerprint density at radius 3 is 2.59 bits per heavy atom. The standard InChI is InChI=1S/C19H28N2O6/c1-19(2,3)27-18(25)20-14-10-15(23)16(26-4)9-13(14)17(24)21-8-6-5-7-12(21)11-22/h9-10,12,22-23H,5-8,11H2,1-4H3,(H,20,25)/t12-/m0/s1. The Hall–Kier alpha value is -2.48. The molecule has 0 bridgehead atoms. The lowest BCUT2D eigenvalue weighted by molar-refractivity contribution is 0.0503. The third-order valence-electron chi connectivity index (χ3n) is 4.28. The quantitative estimate of drug-likeness (QED) is 0.741. The minimum absolute atomic E-state index is 0.116. The largest absolute Gasteiger partial charge is 0.504 e. The average molecular weight is 380 g/mol. The van der Waals surface area contributed by atoms with Gasteiger partial charge in [0.1, 0.15) is 5.60 Å². The van der Waals surface area contributed by atoms with Crippen LogP contribution in [-0.4, -0.2) is 59.0 Å². The van der Waals surface area contributed by atoms with Gasteiger partial charge in [-0.1, -0.05) is 0 Å². The van der Waals surface area contributed by atoms with Gasteiger partial charge in [-0.3, -0.25) is 10.1 Å². The summed E-state index contributed by atoms with van der Waals surface area (Å²) >= 11 is 0. The molecule has 1 atom stereocenters. The van der Waals surface area contributed by atoms with Gasteiger partial charge in [0.05, 0.1) is 31.0 Å². The van der Waals surface area contributed by atoms with Crippen molar-refractivity contribution >= 4 is 17.7 Å². The Kier molecular flexibility index (Phi) is 6.54. The van der Waals surface area contributed by atoms with E-state index in [9.17, 15) is 19.8 Å². The second-order valence-electron chi connectivity index (χ2n) is 7.53. The van der Waals surface area contributed by atoms with Crippen LogP contribution >= 0.6 is 0 Å². The zero-order chi connectivity index (χ0) is 20.2. The summed E-state index contributed by atoms with van der Waals surface area (Å²) < 4.78 is 10.3. The van der Waals surface area contributed by atoms with Crippen molar-refractivity contribution in [3.63, 3.8) is 0 Å². The van der Waals surface area contributed by atoms with Gasteiger partial charge in [0.25, 0.3) is 5.91 Å². The van der Waals surface area contributed by atoms with Crippen molar-refractivity contribution in [1.82, 2.24) is 4.90 Å². The molecule has 27 heavy (non-hydrogen) atoms. The number of hydrogen-bond acceptors (Lipinski definition) is 6. The molecule has 1 aliphatic rings. The van der Waals surface area contributed by atoms with E-state index in [1.807, 2.05) is 0 Å². The first-order valence-electron chi connectivity index (χ1n) is 8.99. The van der Waals surface area contributed by atoms with E-state index in [1.54, 1.807) is 25.7 Å². The number of phenolic OH excluding ortho intramolecular Hbond substituents is 1. The number of carbonyl (C=O) groups excluding carboxylic acids is 2. The fraction of sp³-hybridized carbons (Fsp3) is 0.579. The number of aromatic hydroxyl groups is 1. The number of phenols is 1. The monoisotopic (exact) mass is 380 g/mol. The van der Waals surface area contributed by atoms with E-state index < -0.39 is 11.7 Å². The summed E-state index contributed by atoms with van der Waals surface area (Å²) in [5.74, 6) is -0.443. The van der Waals surface area contributed by atoms with Crippen molar-refractivity contribution in [2.75, 3.05) is 25.6 Å². The Morgan fingerprint density at radius 2 is 2.00 bits per heavy atom. The van der Waals surface area contributed by atoms with E-state index in [2.05, 4.69) is 5.32 Å². The summed E-state index contributed by atoms with van der Waals surface area (Å²) in [7, 11) is 1.38. The molecule has 0 unspecified atom stereocenters. The van der Waals surface area contributed by atoms with Crippen LogP contribution in [0.2, 0.25) is 0 Å². The number of carbonyl (C=O) groups is 2. The van der Waals surface area contributed by atoms with Crippen LogP contribution in [0, 0.1) is 0 Å². The first-order chi connectivity index (χ1) is 12.7. The number of nitrogens with zero attached hydrogens (tertiary/aromatic N) is 1. The molecule has 0 saturated carbocycles. The van der Waals surface area contributed by atoms with Crippen molar-refractivity contribution in [2.24, 2.45) is 0 Å². The van der Waals surface area contributed by atoms with Gasteiger partial charge < -0.3 is 24.6 Å². The number of benzene rings is 1. The van der Waals surface area contributed by atoms with Gasteiger partial charge in [-0.2, -0.15) is 0 Å². The average Bonchev–Trinajstić information content (AvgIpc) is 2.59. The predicted octanol–water partition coefficient (Wildman–Crippen LogP) is 2.73. The molecule has 1 saturated heterocycles. The second-order valence-corrected chi connectivity index (χ2v) is 7.53. The lowest BCUT2D eigenvalue weighted by atomic mass is 10.0. The molecular formula is C19H28N2O6. The van der Waals surface area contributed by atoms with Gasteiger partial charge in [0, 0.05) is 12.6 Å². The topological polar surface area (TPSA) is 108 Å². The lowest BCUT2D eigenvalue weighted by Gasteiger charge is -2.35. The van der Waals surface area contributed by atoms with Gasteiger partial charge >= 0.3 is 6.09 Å². The van der Waals surface area contributed by atoms with Crippen molar-refractivity contribution < 1.29 is 29.3 Å². The lowest BCUT2D eigenvalue weighted by Crippen LogP contribution is -2.45. The van der Waals surface area contributed by atoms with Gasteiger partial charge in [-0.25, -0.2) is 4.79 Å². The van der Waals surface area contributed by atoms with E-state index in [-0.39, 0.29) is 41.3 Å². The molecule has 150 valence electrons. The zero-order valence-electron chi connectivity index (χ0n) is 16.2. The molecule has 8 heteroatoms. The summed E-state index contributed by atoms with van der Waals surface area (Å²) in [4.78, 5) is 26.9. The predicted molar refractivity (Wildman–Crippen MR) is 100 cm³/mol. The Bertz CT molecular complexity index is 698. The highest BCUT2D eigenvalue weighted by Crippen LogP contribution is 2.34. The van der Waals surface area contributed by atoms with Crippen LogP contribution in [0.1, 0.15) is 50.4 Å². The zero-order valence-corrected chi connectivity index (χ0v) is 16.2. The normalized spacial score (nSPS) is 17.4. The minimum atomic E-state index is -0.738. The van der Waals surface area contributed by atoms with Crippen molar-refractivity contribution in [3.8, 4) is 11.5 Å². The van der Waals surface area contributed by atoms with Crippen LogP contribution in [0.25, 0.3) is 0 Å². The first kappa shape index (κ1) is 20.8. The Balaban J connectivity index is 2.37. The number of rotatable bonds is 4. The summed E-state index contributed by atoms with van der Waals surface area (Å²) in [5.41, 5.74) is -0.428. The van der Waals surface area contributed by atoms with Crippen LogP contribution < -0.4 is 10.1 Å². The molecule has 1 aliphatic heterocycles. The van der Waals surface area contributed by atoms with Gasteiger partial charge in [0.2, 0.25) is 0 Å². The van der Waals surface area contributed by atoms with Gasteiger partial charge in [-0.15, -0.1) is 0 Å². The molecule has 1 aromatic carbocycles. The summed E-state index contributed by atoms with van der Waals surface area (Å²) in [6.07, 6.45) is 1.76. The van der Waals surface area contributed by atoms with E-state index >= 15 is 0 Å². The van der Waals surface area contributed by atoms with Crippen LogP contribution in [0.5, 0.6) is 11.5 Å². The summed E-state index contributed by atoms with van der Waals surface area (Å²) in [5, 5.41) is 22.2. The first-order valence-corrected chi connectivity index (χ1v) is 8.99. The maximum atomic E-state index is 13.1. The van der Waals surface area contributed by atoms with Crippen LogP contribution in [0.3, 0.4) is 0 Å². The molecule has 0 radical (unpaired) electrons. The molecule has 0 aliphatic carbocycles. The third-order valence-corrected chi connectivity index (χ3v) is 4.28. The van der Waals surface area contributed by atoms with E-state index in [1.165, 1.54) is 19.2 Å². The molecule has 0 aromatic heterocycles. The van der Waals surface area contributed by atoms with Gasteiger partial charge in [0.15, 0.2) is 11.5 Å². The maximum absolute atomic E-state index is 13.1. The van der Waals surface area contributed by atoms with E-state index in [0.29, 0.717) is 13.0 Å². The van der Waals surface area contributed by atoms with Crippen LogP contribution in [0.15, 0.2) is 12.1 Å². The van der Waals surface area contributed by atoms with Gasteiger partial charge in [-0.05, 0) is 46.1 Å². The molecule has 1 heterocycles. The summed E-state index contributed by atoms with van der Waals surface area (Å²) in [6.45, 7) is 5.56. The van der Waals surface area contributed by atoms with E-state index in [0.717, 1.165) is 12.8 Å². The second kappa shape index (κ2) is 8.47. The highest BCUT2D eigenvalue weighted by atomic mass is 16.6. The number of ether oxygens (including phenoxy) is 2. The summed E-state index contributed by atoms with van der Waals surface area (Å²) in [6, 6.07) is 2.36. The molecule has 2 rings (SSSR count). The van der Waals surface area contributed by atoms with Crippen molar-refractivity contribution in [3.05, 3.63) is 17.7 Å². The minimum Gasteiger partial charge on any atom is -0.504 e. The number of amides is 2. The molecule has 2 amide bonds. The van der Waals surface area contributed by atoms with Crippen LogP contribution in [0.4, 0.5) is 10.5 Å². The molecule has 1 aromatic rings. The molecule has 1 fully saturated rings. The Morgan fingerprint density at radius 1 is 1.30 bits per heavy atom. The molecule has 0 spiro atoms. The highest BCUT2D eigenvalue weighted by Gasteiger charge is 2.30. The maximum Gasteiger partial charge on any atom is 0.412 e. The van der Waals surface area contributed by atoms with Crippen LogP contribution in [-0.2, 0) is 4.74 Å². The number of piperidine rings is 1. The number of likely N-dealkylation sites (tertiary alicyclic amines) is 1. The Labute approximate surface area is 159 Å². The SMILES string of the molecule is COc1cc(C(=O)N2CCCC[C@H]2CO)c(NC(=O)OC(C)(C)C)cc1O. The number of methoxy groups -OCH3 is 1. The number of aliphatic hydroxyl groups excluding tert-OH is 1. The fourth-order valence-corrected chi connectivity index (χ4v) is 3.04. The van der Waals surface area contributed by atoms with E-state index in [4.69, 9.17) is 9.47 Å². The number of hydrogen-bond donors (Lipinski definition) is 3.